The van der Waals surface area contributed by atoms with Gasteiger partial charge in [0.1, 0.15) is 0 Å². The lowest BCUT2D eigenvalue weighted by atomic mass is 10.1. The third-order valence-electron chi connectivity index (χ3n) is 3.57. The van der Waals surface area contributed by atoms with Crippen LogP contribution in [-0.4, -0.2) is 31.7 Å². The predicted molar refractivity (Wildman–Crippen MR) is 97.5 cm³/mol. The SMILES string of the molecule is Cc1cc(C)cc(-n2nnnc2SCC(=O)c2cc(C)sc2C)c1. The summed E-state index contributed by atoms with van der Waals surface area (Å²) in [4.78, 5) is 14.7. The summed E-state index contributed by atoms with van der Waals surface area (Å²) in [6.07, 6.45) is 0. The van der Waals surface area contributed by atoms with E-state index in [1.54, 1.807) is 16.0 Å². The van der Waals surface area contributed by atoms with Crippen LogP contribution in [0.25, 0.3) is 5.69 Å². The van der Waals surface area contributed by atoms with E-state index in [-0.39, 0.29) is 5.78 Å². The number of carbonyl (C=O) groups excluding carboxylic acids is 1. The smallest absolute Gasteiger partial charge is 0.214 e. The lowest BCUT2D eigenvalue weighted by Gasteiger charge is -2.06. The van der Waals surface area contributed by atoms with Gasteiger partial charge in [-0.05, 0) is 67.4 Å². The van der Waals surface area contributed by atoms with Gasteiger partial charge in [-0.25, -0.2) is 0 Å². The second kappa shape index (κ2) is 6.86. The predicted octanol–water partition coefficient (Wildman–Crippen LogP) is 3.93. The number of benzene rings is 1. The largest absolute Gasteiger partial charge is 0.293 e. The fraction of sp³-hybridized carbons (Fsp3) is 0.294. The molecule has 0 spiro atoms. The topological polar surface area (TPSA) is 60.7 Å². The van der Waals surface area contributed by atoms with E-state index in [0.29, 0.717) is 10.9 Å². The van der Waals surface area contributed by atoms with Gasteiger partial charge in [0.2, 0.25) is 5.16 Å². The van der Waals surface area contributed by atoms with Crippen molar-refractivity contribution in [2.45, 2.75) is 32.9 Å². The van der Waals surface area contributed by atoms with Gasteiger partial charge in [0.15, 0.2) is 5.78 Å². The second-order valence-electron chi connectivity index (χ2n) is 5.76. The molecule has 0 aliphatic carbocycles. The fourth-order valence-corrected chi connectivity index (χ4v) is 4.34. The van der Waals surface area contributed by atoms with Crippen LogP contribution in [0.4, 0.5) is 0 Å². The summed E-state index contributed by atoms with van der Waals surface area (Å²) in [5.41, 5.74) is 4.01. The zero-order valence-electron chi connectivity index (χ0n) is 14.0. The van der Waals surface area contributed by atoms with Crippen LogP contribution in [0.3, 0.4) is 0 Å². The van der Waals surface area contributed by atoms with Gasteiger partial charge in [-0.1, -0.05) is 17.8 Å². The van der Waals surface area contributed by atoms with E-state index < -0.39 is 0 Å². The third kappa shape index (κ3) is 3.57. The first-order valence-electron chi connectivity index (χ1n) is 7.54. The summed E-state index contributed by atoms with van der Waals surface area (Å²) in [6, 6.07) is 8.12. The number of carbonyl (C=O) groups is 1. The highest BCUT2D eigenvalue weighted by Gasteiger charge is 2.16. The first-order valence-corrected chi connectivity index (χ1v) is 9.34. The Kier molecular flexibility index (Phi) is 4.82. The molecule has 2 heterocycles. The number of hydrogen-bond donors (Lipinski definition) is 0. The average Bonchev–Trinajstić information content (AvgIpc) is 3.10. The number of thioether (sulfide) groups is 1. The molecule has 0 fully saturated rings. The minimum absolute atomic E-state index is 0.108. The molecule has 24 heavy (non-hydrogen) atoms. The summed E-state index contributed by atoms with van der Waals surface area (Å²) in [7, 11) is 0. The Labute approximate surface area is 149 Å². The monoisotopic (exact) mass is 358 g/mol. The highest BCUT2D eigenvalue weighted by Crippen LogP contribution is 2.25. The number of ketones is 1. The van der Waals surface area contributed by atoms with Crippen LogP contribution in [0.15, 0.2) is 29.4 Å². The molecule has 2 aromatic heterocycles. The number of nitrogens with zero attached hydrogens (tertiary/aromatic N) is 4. The number of hydrogen-bond acceptors (Lipinski definition) is 6. The summed E-state index contributed by atoms with van der Waals surface area (Å²) < 4.78 is 1.68. The first-order chi connectivity index (χ1) is 11.4. The Morgan fingerprint density at radius 3 is 2.46 bits per heavy atom. The van der Waals surface area contributed by atoms with Crippen LogP contribution in [0.5, 0.6) is 0 Å². The standard InChI is InChI=1S/C17H18N4OS2/c1-10-5-11(2)7-14(6-10)21-17(18-19-20-21)23-9-16(22)15-8-12(3)24-13(15)4/h5-8H,9H2,1-4H3. The molecule has 0 aliphatic rings. The van der Waals surface area contributed by atoms with Gasteiger partial charge in [-0.2, -0.15) is 4.68 Å². The molecule has 0 radical (unpaired) electrons. The Morgan fingerprint density at radius 1 is 1.12 bits per heavy atom. The van der Waals surface area contributed by atoms with Gasteiger partial charge in [0, 0.05) is 15.3 Å². The molecule has 0 aliphatic heterocycles. The molecular weight excluding hydrogens is 340 g/mol. The van der Waals surface area contributed by atoms with Gasteiger partial charge in [-0.3, -0.25) is 4.79 Å². The van der Waals surface area contributed by atoms with Gasteiger partial charge >= 0.3 is 0 Å². The van der Waals surface area contributed by atoms with Crippen molar-refractivity contribution in [3.8, 4) is 5.69 Å². The zero-order valence-corrected chi connectivity index (χ0v) is 15.7. The number of aromatic nitrogens is 4. The molecule has 5 nitrogen and oxygen atoms in total. The number of aryl methyl sites for hydroxylation is 4. The summed E-state index contributed by atoms with van der Waals surface area (Å²) in [6.45, 7) is 8.08. The molecule has 0 amide bonds. The minimum Gasteiger partial charge on any atom is -0.293 e. The summed E-state index contributed by atoms with van der Waals surface area (Å²) >= 11 is 3.01. The van der Waals surface area contributed by atoms with Crippen molar-refractivity contribution in [1.29, 1.82) is 0 Å². The summed E-state index contributed by atoms with van der Waals surface area (Å²) in [5, 5.41) is 12.5. The molecule has 0 saturated carbocycles. The van der Waals surface area contributed by atoms with Crippen LogP contribution < -0.4 is 0 Å². The van der Waals surface area contributed by atoms with Gasteiger partial charge in [0.05, 0.1) is 11.4 Å². The van der Waals surface area contributed by atoms with E-state index >= 15 is 0 Å². The van der Waals surface area contributed by atoms with Crippen molar-refractivity contribution >= 4 is 28.9 Å². The molecule has 3 rings (SSSR count). The van der Waals surface area contributed by atoms with Crippen molar-refractivity contribution in [3.63, 3.8) is 0 Å². The van der Waals surface area contributed by atoms with Crippen molar-refractivity contribution in [3.05, 3.63) is 50.7 Å². The van der Waals surface area contributed by atoms with Crippen molar-refractivity contribution in [2.24, 2.45) is 0 Å². The van der Waals surface area contributed by atoms with Crippen molar-refractivity contribution in [1.82, 2.24) is 20.2 Å². The Balaban J connectivity index is 1.79. The van der Waals surface area contributed by atoms with Crippen LogP contribution in [0.1, 0.15) is 31.2 Å². The van der Waals surface area contributed by atoms with Gasteiger partial charge in [0.25, 0.3) is 0 Å². The first kappa shape index (κ1) is 16.9. The van der Waals surface area contributed by atoms with Crippen molar-refractivity contribution in [2.75, 3.05) is 5.75 Å². The van der Waals surface area contributed by atoms with E-state index in [2.05, 4.69) is 21.6 Å². The van der Waals surface area contributed by atoms with E-state index in [0.717, 1.165) is 32.1 Å². The van der Waals surface area contributed by atoms with E-state index in [1.807, 2.05) is 45.9 Å². The number of tetrazole rings is 1. The van der Waals surface area contributed by atoms with Gasteiger partial charge < -0.3 is 0 Å². The van der Waals surface area contributed by atoms with E-state index in [9.17, 15) is 4.79 Å². The Hall–Kier alpha value is -1.99. The normalized spacial score (nSPS) is 11.0. The molecule has 0 saturated heterocycles. The fourth-order valence-electron chi connectivity index (χ4n) is 2.62. The second-order valence-corrected chi connectivity index (χ2v) is 8.16. The molecule has 0 N–H and O–H groups in total. The zero-order chi connectivity index (χ0) is 17.3. The Morgan fingerprint density at radius 2 is 1.83 bits per heavy atom. The molecule has 1 aromatic carbocycles. The van der Waals surface area contributed by atoms with E-state index in [1.165, 1.54) is 11.8 Å². The molecule has 7 heteroatoms. The molecular formula is C17H18N4OS2. The maximum Gasteiger partial charge on any atom is 0.214 e. The maximum atomic E-state index is 12.4. The number of Topliss-reactive ketones (excluding diaryl/α,β-unsaturated/α-hetero) is 1. The number of thiophene rings is 1. The molecule has 0 unspecified atom stereocenters. The lowest BCUT2D eigenvalue weighted by Crippen LogP contribution is -2.05. The van der Waals surface area contributed by atoms with Crippen LogP contribution in [-0.2, 0) is 0 Å². The molecule has 124 valence electrons. The molecule has 3 aromatic rings. The van der Waals surface area contributed by atoms with E-state index in [4.69, 9.17) is 0 Å². The molecule has 0 bridgehead atoms. The Bertz CT molecular complexity index is 878. The van der Waals surface area contributed by atoms with Crippen LogP contribution in [0.2, 0.25) is 0 Å². The van der Waals surface area contributed by atoms with Crippen LogP contribution >= 0.6 is 23.1 Å². The minimum atomic E-state index is 0.108. The average molecular weight is 358 g/mol. The quantitative estimate of drug-likeness (QED) is 0.511. The van der Waals surface area contributed by atoms with Crippen LogP contribution in [0, 0.1) is 27.7 Å². The third-order valence-corrected chi connectivity index (χ3v) is 5.45. The van der Waals surface area contributed by atoms with Crippen molar-refractivity contribution < 1.29 is 4.79 Å². The lowest BCUT2D eigenvalue weighted by molar-refractivity contribution is 0.102. The number of rotatable bonds is 5. The highest BCUT2D eigenvalue weighted by atomic mass is 32.2. The van der Waals surface area contributed by atoms with Gasteiger partial charge in [-0.15, -0.1) is 16.4 Å². The highest BCUT2D eigenvalue weighted by molar-refractivity contribution is 7.99. The molecule has 0 atom stereocenters. The summed E-state index contributed by atoms with van der Waals surface area (Å²) in [5.74, 6) is 0.430. The maximum absolute atomic E-state index is 12.4.